The molecule has 0 spiro atoms. The van der Waals surface area contributed by atoms with E-state index in [-0.39, 0.29) is 12.1 Å². The molecule has 3 nitrogen and oxygen atoms in total. The fourth-order valence-corrected chi connectivity index (χ4v) is 5.20. The second kappa shape index (κ2) is 4.80. The third-order valence-corrected chi connectivity index (χ3v) is 6.43. The smallest absolute Gasteiger partial charge is 0.207 e. The van der Waals surface area contributed by atoms with Gasteiger partial charge in [-0.25, -0.2) is 8.42 Å². The number of nitrogens with zero attached hydrogens (tertiary/aromatic N) is 1. The van der Waals surface area contributed by atoms with Crippen LogP contribution >= 0.6 is 0 Å². The molecule has 2 unspecified atom stereocenters. The van der Waals surface area contributed by atoms with Gasteiger partial charge in [-0.3, -0.25) is 0 Å². The van der Waals surface area contributed by atoms with Crippen molar-refractivity contribution in [2.75, 3.05) is 0 Å². The van der Waals surface area contributed by atoms with Crippen LogP contribution in [0.4, 0.5) is 0 Å². The van der Waals surface area contributed by atoms with Gasteiger partial charge in [0.25, 0.3) is 0 Å². The standard InChI is InChI=1S/C18H17NO2S/c1-13-9-11-14(12-10-13)22(20,21)19-17-7-4-8-18(19)16-6-3-2-5-15(16)17/h2-7,9-12,17-18H,8H2,1H3. The van der Waals surface area contributed by atoms with Crippen LogP contribution in [-0.2, 0) is 10.0 Å². The summed E-state index contributed by atoms with van der Waals surface area (Å²) in [6.45, 7) is 1.96. The van der Waals surface area contributed by atoms with Crippen molar-refractivity contribution in [1.29, 1.82) is 0 Å². The number of rotatable bonds is 2. The molecular formula is C18H17NO2S. The van der Waals surface area contributed by atoms with Crippen LogP contribution in [0.5, 0.6) is 0 Å². The first-order valence-corrected chi connectivity index (χ1v) is 8.89. The minimum atomic E-state index is -3.50. The second-order valence-corrected chi connectivity index (χ2v) is 7.74. The molecule has 2 atom stereocenters. The molecule has 112 valence electrons. The molecule has 0 fully saturated rings. The lowest BCUT2D eigenvalue weighted by atomic mass is 10.0. The Morgan fingerprint density at radius 3 is 2.41 bits per heavy atom. The molecule has 0 saturated carbocycles. The number of hydrogen-bond donors (Lipinski definition) is 0. The van der Waals surface area contributed by atoms with E-state index in [9.17, 15) is 8.42 Å². The largest absolute Gasteiger partial charge is 0.244 e. The van der Waals surface area contributed by atoms with Crippen molar-refractivity contribution in [2.24, 2.45) is 0 Å². The number of sulfonamides is 1. The lowest BCUT2D eigenvalue weighted by molar-refractivity contribution is 0.308. The minimum absolute atomic E-state index is 0.0856. The van der Waals surface area contributed by atoms with Gasteiger partial charge in [0, 0.05) is 0 Å². The minimum Gasteiger partial charge on any atom is -0.207 e. The first-order chi connectivity index (χ1) is 10.6. The van der Waals surface area contributed by atoms with Crippen molar-refractivity contribution in [3.05, 3.63) is 77.4 Å². The van der Waals surface area contributed by atoms with Gasteiger partial charge in [0.05, 0.1) is 17.0 Å². The Hall–Kier alpha value is -1.91. The highest BCUT2D eigenvalue weighted by Gasteiger charge is 2.45. The summed E-state index contributed by atoms with van der Waals surface area (Å²) in [7, 11) is -3.50. The Labute approximate surface area is 130 Å². The molecule has 0 N–H and O–H groups in total. The maximum absolute atomic E-state index is 13.1. The summed E-state index contributed by atoms with van der Waals surface area (Å²) in [5, 5.41) is 0. The van der Waals surface area contributed by atoms with Crippen LogP contribution < -0.4 is 0 Å². The van der Waals surface area contributed by atoms with Crippen LogP contribution in [0.1, 0.15) is 35.2 Å². The lowest BCUT2D eigenvalue weighted by Crippen LogP contribution is -2.34. The van der Waals surface area contributed by atoms with E-state index in [4.69, 9.17) is 0 Å². The molecular weight excluding hydrogens is 294 g/mol. The van der Waals surface area contributed by atoms with Gasteiger partial charge < -0.3 is 0 Å². The molecule has 0 radical (unpaired) electrons. The monoisotopic (exact) mass is 311 g/mol. The molecule has 2 bridgehead atoms. The van der Waals surface area contributed by atoms with Gasteiger partial charge in [-0.05, 0) is 36.6 Å². The first kappa shape index (κ1) is 13.7. The maximum atomic E-state index is 13.1. The normalized spacial score (nSPS) is 23.5. The predicted octanol–water partition coefficient (Wildman–Crippen LogP) is 3.74. The van der Waals surface area contributed by atoms with Crippen LogP contribution in [0.15, 0.2) is 65.6 Å². The predicted molar refractivity (Wildman–Crippen MR) is 85.9 cm³/mol. The van der Waals surface area contributed by atoms with E-state index in [0.29, 0.717) is 4.90 Å². The van der Waals surface area contributed by atoms with Crippen molar-refractivity contribution >= 4 is 10.0 Å². The van der Waals surface area contributed by atoms with Crippen LogP contribution in [0.3, 0.4) is 0 Å². The van der Waals surface area contributed by atoms with Crippen LogP contribution in [0.2, 0.25) is 0 Å². The highest BCUT2D eigenvalue weighted by atomic mass is 32.2. The van der Waals surface area contributed by atoms with Gasteiger partial charge in [0.2, 0.25) is 10.0 Å². The number of hydrogen-bond acceptors (Lipinski definition) is 2. The van der Waals surface area contributed by atoms with Gasteiger partial charge in [-0.2, -0.15) is 4.31 Å². The Bertz CT molecular complexity index is 853. The highest BCUT2D eigenvalue weighted by molar-refractivity contribution is 7.89. The van der Waals surface area contributed by atoms with Crippen molar-refractivity contribution in [2.45, 2.75) is 30.3 Å². The second-order valence-electron chi connectivity index (χ2n) is 5.90. The third-order valence-electron chi connectivity index (χ3n) is 4.53. The maximum Gasteiger partial charge on any atom is 0.244 e. The summed E-state index contributed by atoms with van der Waals surface area (Å²) in [5.74, 6) is 0. The fourth-order valence-electron chi connectivity index (χ4n) is 3.46. The summed E-state index contributed by atoms with van der Waals surface area (Å²) >= 11 is 0. The molecule has 2 heterocycles. The molecule has 0 saturated heterocycles. The van der Waals surface area contributed by atoms with E-state index in [2.05, 4.69) is 6.08 Å². The fraction of sp³-hybridized carbons (Fsp3) is 0.222. The molecule has 2 aromatic carbocycles. The lowest BCUT2D eigenvalue weighted by Gasteiger charge is -2.30. The average Bonchev–Trinajstić information content (AvgIpc) is 2.73. The Morgan fingerprint density at radius 2 is 1.68 bits per heavy atom. The first-order valence-electron chi connectivity index (χ1n) is 7.45. The van der Waals surface area contributed by atoms with Gasteiger partial charge >= 0.3 is 0 Å². The van der Waals surface area contributed by atoms with E-state index >= 15 is 0 Å². The molecule has 0 aliphatic carbocycles. The molecule has 0 aromatic heterocycles. The summed E-state index contributed by atoms with van der Waals surface area (Å²) < 4.78 is 27.9. The van der Waals surface area contributed by atoms with E-state index in [1.54, 1.807) is 16.4 Å². The molecule has 22 heavy (non-hydrogen) atoms. The van der Waals surface area contributed by atoms with Crippen molar-refractivity contribution in [1.82, 2.24) is 4.31 Å². The summed E-state index contributed by atoms with van der Waals surface area (Å²) in [6.07, 6.45) is 4.84. The van der Waals surface area contributed by atoms with E-state index in [1.807, 2.05) is 49.4 Å². The van der Waals surface area contributed by atoms with E-state index in [0.717, 1.165) is 23.1 Å². The van der Waals surface area contributed by atoms with Gasteiger partial charge in [-0.15, -0.1) is 0 Å². The zero-order valence-electron chi connectivity index (χ0n) is 12.3. The number of aryl methyl sites for hydroxylation is 1. The van der Waals surface area contributed by atoms with Crippen LogP contribution in [0, 0.1) is 6.92 Å². The Balaban J connectivity index is 1.84. The SMILES string of the molecule is Cc1ccc(S(=O)(=O)N2C3C=CCC2c2ccccc23)cc1. The molecule has 2 aromatic rings. The van der Waals surface area contributed by atoms with E-state index in [1.165, 1.54) is 0 Å². The number of fused-ring (bicyclic) bond motifs is 5. The highest BCUT2D eigenvalue weighted by Crippen LogP contribution is 2.50. The van der Waals surface area contributed by atoms with Crippen LogP contribution in [-0.4, -0.2) is 12.7 Å². The van der Waals surface area contributed by atoms with Gasteiger partial charge in [0.1, 0.15) is 0 Å². The van der Waals surface area contributed by atoms with Gasteiger partial charge in [0.15, 0.2) is 0 Å². The molecule has 0 amide bonds. The zero-order valence-corrected chi connectivity index (χ0v) is 13.1. The van der Waals surface area contributed by atoms with Gasteiger partial charge in [-0.1, -0.05) is 54.1 Å². The average molecular weight is 311 g/mol. The topological polar surface area (TPSA) is 37.4 Å². The molecule has 4 heteroatoms. The Kier molecular flexibility index (Phi) is 2.99. The Morgan fingerprint density at radius 1 is 1.00 bits per heavy atom. The third kappa shape index (κ3) is 1.87. The van der Waals surface area contributed by atoms with Crippen molar-refractivity contribution in [3.8, 4) is 0 Å². The molecule has 2 aliphatic rings. The van der Waals surface area contributed by atoms with Crippen molar-refractivity contribution in [3.63, 3.8) is 0 Å². The number of benzene rings is 2. The van der Waals surface area contributed by atoms with Crippen molar-refractivity contribution < 1.29 is 8.42 Å². The van der Waals surface area contributed by atoms with Crippen LogP contribution in [0.25, 0.3) is 0 Å². The zero-order chi connectivity index (χ0) is 15.3. The summed E-state index contributed by atoms with van der Waals surface area (Å²) in [5.41, 5.74) is 3.30. The summed E-state index contributed by atoms with van der Waals surface area (Å²) in [4.78, 5) is 0.371. The molecule has 2 aliphatic heterocycles. The summed E-state index contributed by atoms with van der Waals surface area (Å²) in [6, 6.07) is 14.9. The molecule has 4 rings (SSSR count). The van der Waals surface area contributed by atoms with E-state index < -0.39 is 10.0 Å². The quantitative estimate of drug-likeness (QED) is 0.792.